The molecular formula is C19H25Cl3N2O5S. The van der Waals surface area contributed by atoms with Crippen LogP contribution in [0.4, 0.5) is 9.80 Å². The second-order valence-corrected chi connectivity index (χ2v) is 10.6. The van der Waals surface area contributed by atoms with E-state index in [2.05, 4.69) is 10.6 Å². The van der Waals surface area contributed by atoms with Gasteiger partial charge in [-0.1, -0.05) is 34.8 Å². The first-order chi connectivity index (χ1) is 14.3. The second kappa shape index (κ2) is 10.6. The lowest BCUT2D eigenvalue weighted by Gasteiger charge is -2.27. The largest absolute Gasteiger partial charge is 0.462 e. The van der Waals surface area contributed by atoms with Crippen LogP contribution in [-0.4, -0.2) is 47.9 Å². The number of thiophene rings is 1. The minimum absolute atomic E-state index is 0.116. The third-order valence-corrected chi connectivity index (χ3v) is 6.82. The van der Waals surface area contributed by atoms with Crippen LogP contribution in [-0.2, 0) is 27.1 Å². The molecule has 0 spiro atoms. The number of amides is 1. The highest BCUT2D eigenvalue weighted by atomic mass is 35.6. The van der Waals surface area contributed by atoms with Gasteiger partial charge in [-0.2, -0.15) is 0 Å². The zero-order valence-electron chi connectivity index (χ0n) is 16.6. The van der Waals surface area contributed by atoms with Crippen molar-refractivity contribution in [2.45, 2.75) is 61.5 Å². The smallest absolute Gasteiger partial charge is 0.408 e. The van der Waals surface area contributed by atoms with E-state index in [0.717, 1.165) is 49.0 Å². The van der Waals surface area contributed by atoms with Crippen molar-refractivity contribution in [3.63, 3.8) is 0 Å². The summed E-state index contributed by atoms with van der Waals surface area (Å²) in [6.07, 6.45) is 3.51. The van der Waals surface area contributed by atoms with Gasteiger partial charge in [-0.15, -0.1) is 11.3 Å². The van der Waals surface area contributed by atoms with E-state index in [-0.39, 0.29) is 19.3 Å². The fraction of sp³-hybridized carbons (Fsp3) is 0.684. The highest BCUT2D eigenvalue weighted by Gasteiger charge is 2.37. The van der Waals surface area contributed by atoms with Gasteiger partial charge in [0.1, 0.15) is 11.6 Å². The maximum Gasteiger partial charge on any atom is 0.408 e. The molecule has 0 unspecified atom stereocenters. The zero-order valence-corrected chi connectivity index (χ0v) is 19.7. The summed E-state index contributed by atoms with van der Waals surface area (Å²) in [6.45, 7) is 2.79. The van der Waals surface area contributed by atoms with Crippen LogP contribution in [0.25, 0.3) is 0 Å². The molecule has 1 aromatic rings. The van der Waals surface area contributed by atoms with Crippen LogP contribution in [0.3, 0.4) is 0 Å². The quantitative estimate of drug-likeness (QED) is 0.318. The Morgan fingerprint density at radius 1 is 1.23 bits per heavy atom. The lowest BCUT2D eigenvalue weighted by Crippen LogP contribution is -2.49. The summed E-state index contributed by atoms with van der Waals surface area (Å²) in [4.78, 5) is 26.0. The molecule has 0 aromatic carbocycles. The first-order valence-corrected chi connectivity index (χ1v) is 11.9. The molecule has 2 atom stereocenters. The third kappa shape index (κ3) is 6.07. The number of hydrogen-bond donors (Lipinski definition) is 2. The van der Waals surface area contributed by atoms with E-state index < -0.39 is 22.0 Å². The van der Waals surface area contributed by atoms with Crippen molar-refractivity contribution in [1.29, 1.82) is 0 Å². The molecule has 1 aromatic heterocycles. The maximum atomic E-state index is 12.6. The third-order valence-electron chi connectivity index (χ3n) is 4.94. The number of aryl methyl sites for hydroxylation is 1. The predicted octanol–water partition coefficient (Wildman–Crippen LogP) is 4.82. The molecule has 3 rings (SSSR count). The van der Waals surface area contributed by atoms with Gasteiger partial charge in [-0.25, -0.2) is 9.59 Å². The number of alkyl carbamates (subject to hydrolysis) is 1. The summed E-state index contributed by atoms with van der Waals surface area (Å²) >= 11 is 19.7. The molecule has 2 heterocycles. The molecule has 0 saturated carbocycles. The Morgan fingerprint density at radius 3 is 2.67 bits per heavy atom. The molecule has 1 saturated heterocycles. The first-order valence-electron chi connectivity index (χ1n) is 9.99. The average molecular weight is 500 g/mol. The minimum atomic E-state index is -1.89. The number of esters is 1. The molecule has 168 valence electrons. The number of hydrogen-bond acceptors (Lipinski definition) is 7. The zero-order chi connectivity index (χ0) is 21.7. The standard InChI is InChI=1S/C19H25Cl3N2O5S/c1-2-27-16(25)14-12-7-3-4-8-13(12)30-15(14)23-17(19(20,21)22)24-18(26)29-10-11-6-5-9-28-11/h11,17,23H,2-10H2,1H3,(H,24,26)/t11-,17-/m0/s1. The summed E-state index contributed by atoms with van der Waals surface area (Å²) in [5.41, 5.74) is 1.42. The monoisotopic (exact) mass is 498 g/mol. The molecule has 0 radical (unpaired) electrons. The Balaban J connectivity index is 1.75. The fourth-order valence-electron chi connectivity index (χ4n) is 3.52. The minimum Gasteiger partial charge on any atom is -0.462 e. The number of carbonyl (C=O) groups excluding carboxylic acids is 2. The van der Waals surface area contributed by atoms with E-state index in [9.17, 15) is 9.59 Å². The van der Waals surface area contributed by atoms with Gasteiger partial charge in [0.25, 0.3) is 0 Å². The van der Waals surface area contributed by atoms with Crippen molar-refractivity contribution >= 4 is 63.2 Å². The molecule has 1 amide bonds. The summed E-state index contributed by atoms with van der Waals surface area (Å²) in [7, 11) is 0. The molecule has 11 heteroatoms. The molecule has 1 fully saturated rings. The first kappa shape index (κ1) is 23.7. The Morgan fingerprint density at radius 2 is 2.00 bits per heavy atom. The molecule has 1 aliphatic carbocycles. The van der Waals surface area contributed by atoms with E-state index in [1.54, 1.807) is 6.92 Å². The second-order valence-electron chi connectivity index (χ2n) is 7.13. The van der Waals surface area contributed by atoms with Crippen molar-refractivity contribution in [1.82, 2.24) is 5.32 Å². The molecule has 1 aliphatic heterocycles. The highest BCUT2D eigenvalue weighted by molar-refractivity contribution is 7.16. The van der Waals surface area contributed by atoms with E-state index in [0.29, 0.717) is 17.2 Å². The molecular weight excluding hydrogens is 475 g/mol. The summed E-state index contributed by atoms with van der Waals surface area (Å²) in [5.74, 6) is -0.427. The van der Waals surface area contributed by atoms with Crippen molar-refractivity contribution in [2.75, 3.05) is 25.1 Å². The van der Waals surface area contributed by atoms with Crippen molar-refractivity contribution in [2.24, 2.45) is 0 Å². The van der Waals surface area contributed by atoms with Crippen LogP contribution in [0.5, 0.6) is 0 Å². The summed E-state index contributed by atoms with van der Waals surface area (Å²) in [5, 5.41) is 6.07. The number of anilines is 1. The van der Waals surface area contributed by atoms with Crippen LogP contribution < -0.4 is 10.6 Å². The van der Waals surface area contributed by atoms with Gasteiger partial charge in [0.15, 0.2) is 6.17 Å². The normalized spacial score (nSPS) is 19.7. The number of ether oxygens (including phenoxy) is 3. The number of fused-ring (bicyclic) bond motifs is 1. The summed E-state index contributed by atoms with van der Waals surface area (Å²) < 4.78 is 14.0. The molecule has 2 aliphatic rings. The van der Waals surface area contributed by atoms with Gasteiger partial charge in [0.05, 0.1) is 18.3 Å². The molecule has 2 N–H and O–H groups in total. The van der Waals surface area contributed by atoms with Crippen LogP contribution in [0.15, 0.2) is 0 Å². The van der Waals surface area contributed by atoms with Crippen LogP contribution in [0, 0.1) is 0 Å². The Hall–Kier alpha value is -0.930. The Kier molecular flexibility index (Phi) is 8.38. The Bertz CT molecular complexity index is 762. The van der Waals surface area contributed by atoms with Crippen molar-refractivity contribution in [3.8, 4) is 0 Å². The van der Waals surface area contributed by atoms with Gasteiger partial charge >= 0.3 is 12.1 Å². The summed E-state index contributed by atoms with van der Waals surface area (Å²) in [6, 6.07) is 0. The van der Waals surface area contributed by atoms with Gasteiger partial charge in [0.2, 0.25) is 3.79 Å². The number of nitrogens with one attached hydrogen (secondary N) is 2. The fourth-order valence-corrected chi connectivity index (χ4v) is 5.15. The van der Waals surface area contributed by atoms with Crippen LogP contribution >= 0.6 is 46.1 Å². The maximum absolute atomic E-state index is 12.6. The van der Waals surface area contributed by atoms with E-state index in [1.807, 2.05) is 0 Å². The van der Waals surface area contributed by atoms with Crippen LogP contribution in [0.2, 0.25) is 0 Å². The molecule has 7 nitrogen and oxygen atoms in total. The number of alkyl halides is 3. The topological polar surface area (TPSA) is 85.9 Å². The van der Waals surface area contributed by atoms with Crippen LogP contribution in [0.1, 0.15) is 53.4 Å². The van der Waals surface area contributed by atoms with E-state index in [1.165, 1.54) is 11.3 Å². The van der Waals surface area contributed by atoms with E-state index in [4.69, 9.17) is 49.0 Å². The van der Waals surface area contributed by atoms with Gasteiger partial charge < -0.3 is 19.5 Å². The van der Waals surface area contributed by atoms with Gasteiger partial charge in [-0.3, -0.25) is 5.32 Å². The van der Waals surface area contributed by atoms with Crippen molar-refractivity contribution in [3.05, 3.63) is 16.0 Å². The van der Waals surface area contributed by atoms with E-state index >= 15 is 0 Å². The average Bonchev–Trinajstić information content (AvgIpc) is 3.32. The number of rotatable bonds is 7. The number of halogens is 3. The predicted molar refractivity (Wildman–Crippen MR) is 118 cm³/mol. The molecule has 30 heavy (non-hydrogen) atoms. The van der Waals surface area contributed by atoms with Gasteiger partial charge in [-0.05, 0) is 51.0 Å². The molecule has 0 bridgehead atoms. The lowest BCUT2D eigenvalue weighted by atomic mass is 9.95. The number of carbonyl (C=O) groups is 2. The Labute approximate surface area is 194 Å². The lowest BCUT2D eigenvalue weighted by molar-refractivity contribution is 0.0432. The van der Waals surface area contributed by atoms with Gasteiger partial charge in [0, 0.05) is 11.5 Å². The van der Waals surface area contributed by atoms with Crippen molar-refractivity contribution < 1.29 is 23.8 Å². The highest BCUT2D eigenvalue weighted by Crippen LogP contribution is 2.40. The SMILES string of the molecule is CCOC(=O)c1c(N[C@@H](NC(=O)OC[C@@H]2CCCO2)C(Cl)(Cl)Cl)sc2c1CCCC2.